The zero-order valence-electron chi connectivity index (χ0n) is 15.6. The van der Waals surface area contributed by atoms with E-state index in [-0.39, 0.29) is 11.4 Å². The molecule has 1 aromatic heterocycles. The zero-order valence-corrected chi connectivity index (χ0v) is 15.6. The summed E-state index contributed by atoms with van der Waals surface area (Å²) in [6.07, 6.45) is 5.64. The lowest BCUT2D eigenvalue weighted by atomic mass is 9.84. The van der Waals surface area contributed by atoms with Crippen LogP contribution in [0.1, 0.15) is 42.6 Å². The van der Waals surface area contributed by atoms with E-state index in [0.717, 1.165) is 49.2 Å². The highest BCUT2D eigenvalue weighted by Gasteiger charge is 2.37. The maximum atomic E-state index is 12.9. The van der Waals surface area contributed by atoms with E-state index >= 15 is 0 Å². The summed E-state index contributed by atoms with van der Waals surface area (Å²) in [5, 5.41) is 4.43. The predicted molar refractivity (Wildman–Crippen MR) is 103 cm³/mol. The quantitative estimate of drug-likeness (QED) is 0.802. The predicted octanol–water partition coefficient (Wildman–Crippen LogP) is 3.18. The van der Waals surface area contributed by atoms with Crippen LogP contribution >= 0.6 is 0 Å². The number of H-pyrrole nitrogens is 1. The molecule has 4 rings (SSSR count). The van der Waals surface area contributed by atoms with Crippen molar-refractivity contribution < 1.29 is 9.53 Å². The molecule has 1 amide bonds. The first-order valence-corrected chi connectivity index (χ1v) is 9.79. The molecule has 1 aliphatic heterocycles. The summed E-state index contributed by atoms with van der Waals surface area (Å²) in [5.74, 6) is 0.912. The van der Waals surface area contributed by atoms with Gasteiger partial charge in [0.1, 0.15) is 5.69 Å². The molecule has 140 valence electrons. The molecule has 1 aromatic carbocycles. The number of hydrogen-bond acceptors (Lipinski definition) is 3. The van der Waals surface area contributed by atoms with Gasteiger partial charge >= 0.3 is 0 Å². The maximum absolute atomic E-state index is 12.9. The maximum Gasteiger partial charge on any atom is 0.268 e. The lowest BCUT2D eigenvalue weighted by Crippen LogP contribution is -2.56. The van der Waals surface area contributed by atoms with Crippen LogP contribution in [-0.4, -0.2) is 54.7 Å². The molecule has 0 bridgehead atoms. The van der Waals surface area contributed by atoms with Crippen molar-refractivity contribution in [3.63, 3.8) is 0 Å². The van der Waals surface area contributed by atoms with Gasteiger partial charge in [0.25, 0.3) is 5.91 Å². The van der Waals surface area contributed by atoms with Crippen molar-refractivity contribution >= 4 is 16.8 Å². The Balaban J connectivity index is 1.44. The topological polar surface area (TPSA) is 57.4 Å². The molecule has 2 fully saturated rings. The molecule has 0 atom stereocenters. The third kappa shape index (κ3) is 3.94. The normalized spacial score (nSPS) is 20.3. The SMILES string of the molecule is COCCC1(NC(=O)c2cc3ccccc3[nH]2)CCN(CC2CC2)CC1. The van der Waals surface area contributed by atoms with Crippen LogP contribution in [0.25, 0.3) is 10.9 Å². The average molecular weight is 355 g/mol. The van der Waals surface area contributed by atoms with E-state index in [2.05, 4.69) is 15.2 Å². The van der Waals surface area contributed by atoms with Crippen LogP contribution in [-0.2, 0) is 4.74 Å². The van der Waals surface area contributed by atoms with Gasteiger partial charge in [0.2, 0.25) is 0 Å². The first-order valence-electron chi connectivity index (χ1n) is 9.79. The number of hydrogen-bond donors (Lipinski definition) is 2. The van der Waals surface area contributed by atoms with E-state index < -0.39 is 0 Å². The number of likely N-dealkylation sites (tertiary alicyclic amines) is 1. The summed E-state index contributed by atoms with van der Waals surface area (Å²) in [7, 11) is 1.73. The Bertz CT molecular complexity index is 724. The molecule has 2 aliphatic rings. The van der Waals surface area contributed by atoms with E-state index in [1.165, 1.54) is 19.4 Å². The molecule has 5 heteroatoms. The summed E-state index contributed by atoms with van der Waals surface area (Å²) in [4.78, 5) is 18.7. The minimum atomic E-state index is -0.162. The summed E-state index contributed by atoms with van der Waals surface area (Å²) in [6, 6.07) is 9.95. The van der Waals surface area contributed by atoms with Gasteiger partial charge in [0.05, 0.1) is 0 Å². The van der Waals surface area contributed by atoms with Crippen molar-refractivity contribution in [1.29, 1.82) is 0 Å². The van der Waals surface area contributed by atoms with Gasteiger partial charge in [-0.25, -0.2) is 0 Å². The van der Waals surface area contributed by atoms with Gasteiger partial charge in [-0.15, -0.1) is 0 Å². The third-order valence-electron chi connectivity index (χ3n) is 5.96. The second kappa shape index (κ2) is 7.41. The molecule has 0 radical (unpaired) electrons. The van der Waals surface area contributed by atoms with Crippen LogP contribution in [0.5, 0.6) is 0 Å². The van der Waals surface area contributed by atoms with Crippen LogP contribution in [0.4, 0.5) is 0 Å². The van der Waals surface area contributed by atoms with Crippen LogP contribution in [0.3, 0.4) is 0 Å². The summed E-state index contributed by atoms with van der Waals surface area (Å²) in [5.41, 5.74) is 1.48. The smallest absolute Gasteiger partial charge is 0.268 e. The molecule has 2 aromatic rings. The Morgan fingerprint density at radius 2 is 2.08 bits per heavy atom. The number of fused-ring (bicyclic) bond motifs is 1. The first-order chi connectivity index (χ1) is 12.7. The standard InChI is InChI=1S/C21H29N3O2/c1-26-13-10-21(8-11-24(12-9-21)15-16-6-7-16)23-20(25)19-14-17-4-2-3-5-18(17)22-19/h2-5,14,16,22H,6-13,15H2,1H3,(H,23,25). The number of aromatic nitrogens is 1. The minimum Gasteiger partial charge on any atom is -0.385 e. The van der Waals surface area contributed by atoms with Crippen LogP contribution in [0.15, 0.2) is 30.3 Å². The fourth-order valence-corrected chi connectivity index (χ4v) is 4.07. The molecule has 1 saturated heterocycles. The van der Waals surface area contributed by atoms with Gasteiger partial charge in [-0.2, -0.15) is 0 Å². The highest BCUT2D eigenvalue weighted by atomic mass is 16.5. The number of ether oxygens (including phenoxy) is 1. The van der Waals surface area contributed by atoms with Crippen molar-refractivity contribution in [2.75, 3.05) is 33.4 Å². The van der Waals surface area contributed by atoms with E-state index in [0.29, 0.717) is 12.3 Å². The first kappa shape index (κ1) is 17.6. The van der Waals surface area contributed by atoms with Gasteiger partial charge < -0.3 is 19.9 Å². The van der Waals surface area contributed by atoms with Crippen molar-refractivity contribution in [3.05, 3.63) is 36.0 Å². The zero-order chi connectivity index (χ0) is 18.0. The number of amides is 1. The Morgan fingerprint density at radius 3 is 2.77 bits per heavy atom. The Labute approximate surface area is 155 Å². The molecule has 2 N–H and O–H groups in total. The highest BCUT2D eigenvalue weighted by molar-refractivity contribution is 5.98. The van der Waals surface area contributed by atoms with Gasteiger partial charge in [0, 0.05) is 49.8 Å². The highest BCUT2D eigenvalue weighted by Crippen LogP contribution is 2.33. The van der Waals surface area contributed by atoms with Crippen molar-refractivity contribution in [2.24, 2.45) is 5.92 Å². The lowest BCUT2D eigenvalue weighted by molar-refractivity contribution is 0.0692. The number of para-hydroxylation sites is 1. The molecule has 2 heterocycles. The van der Waals surface area contributed by atoms with Gasteiger partial charge in [-0.05, 0) is 50.2 Å². The molecular weight excluding hydrogens is 326 g/mol. The van der Waals surface area contributed by atoms with Gasteiger partial charge in [-0.1, -0.05) is 18.2 Å². The molecular formula is C21H29N3O2. The monoisotopic (exact) mass is 355 g/mol. The van der Waals surface area contributed by atoms with Crippen molar-refractivity contribution in [2.45, 2.75) is 37.6 Å². The molecule has 5 nitrogen and oxygen atoms in total. The summed E-state index contributed by atoms with van der Waals surface area (Å²) >= 11 is 0. The largest absolute Gasteiger partial charge is 0.385 e. The van der Waals surface area contributed by atoms with E-state index in [9.17, 15) is 4.79 Å². The van der Waals surface area contributed by atoms with E-state index in [4.69, 9.17) is 4.74 Å². The number of methoxy groups -OCH3 is 1. The second-order valence-corrected chi connectivity index (χ2v) is 7.99. The molecule has 0 spiro atoms. The fraction of sp³-hybridized carbons (Fsp3) is 0.571. The summed E-state index contributed by atoms with van der Waals surface area (Å²) < 4.78 is 5.33. The average Bonchev–Trinajstić information content (AvgIpc) is 3.36. The number of benzene rings is 1. The van der Waals surface area contributed by atoms with Crippen LogP contribution in [0.2, 0.25) is 0 Å². The van der Waals surface area contributed by atoms with Crippen molar-refractivity contribution in [3.8, 4) is 0 Å². The Kier molecular flexibility index (Phi) is 5.00. The number of nitrogens with zero attached hydrogens (tertiary/aromatic N) is 1. The number of nitrogens with one attached hydrogen (secondary N) is 2. The minimum absolute atomic E-state index is 0.00653. The fourth-order valence-electron chi connectivity index (χ4n) is 4.07. The number of piperidine rings is 1. The third-order valence-corrected chi connectivity index (χ3v) is 5.96. The van der Waals surface area contributed by atoms with E-state index in [1.54, 1.807) is 7.11 Å². The Morgan fingerprint density at radius 1 is 1.31 bits per heavy atom. The van der Waals surface area contributed by atoms with Gasteiger partial charge in [-0.3, -0.25) is 4.79 Å². The van der Waals surface area contributed by atoms with Crippen LogP contribution < -0.4 is 5.32 Å². The number of carbonyl (C=O) groups excluding carboxylic acids is 1. The number of carbonyl (C=O) groups is 1. The second-order valence-electron chi connectivity index (χ2n) is 7.99. The number of aromatic amines is 1. The Hall–Kier alpha value is -1.85. The van der Waals surface area contributed by atoms with E-state index in [1.807, 2.05) is 30.3 Å². The molecule has 1 saturated carbocycles. The lowest BCUT2D eigenvalue weighted by Gasteiger charge is -2.42. The number of rotatable bonds is 7. The van der Waals surface area contributed by atoms with Gasteiger partial charge in [0.15, 0.2) is 0 Å². The summed E-state index contributed by atoms with van der Waals surface area (Å²) in [6.45, 7) is 4.03. The molecule has 0 unspecified atom stereocenters. The van der Waals surface area contributed by atoms with Crippen LogP contribution in [0, 0.1) is 5.92 Å². The molecule has 1 aliphatic carbocycles. The van der Waals surface area contributed by atoms with Crippen molar-refractivity contribution in [1.82, 2.24) is 15.2 Å². The molecule has 26 heavy (non-hydrogen) atoms.